The minimum atomic E-state index is 0.0476. The molecule has 2 aromatic heterocycles. The van der Waals surface area contributed by atoms with Crippen LogP contribution in [0.15, 0.2) is 95.4 Å². The molecule has 4 nitrogen and oxygen atoms in total. The number of para-hydroxylation sites is 3. The van der Waals surface area contributed by atoms with Crippen LogP contribution in [0.1, 0.15) is 46.8 Å². The summed E-state index contributed by atoms with van der Waals surface area (Å²) in [4.78, 5) is 0. The highest BCUT2D eigenvalue weighted by molar-refractivity contribution is 6.10. The van der Waals surface area contributed by atoms with Crippen LogP contribution in [-0.4, -0.2) is 4.57 Å². The maximum Gasteiger partial charge on any atom is 0.135 e. The first kappa shape index (κ1) is 21.2. The summed E-state index contributed by atoms with van der Waals surface area (Å²) >= 11 is 0. The Kier molecular flexibility index (Phi) is 4.58. The molecule has 6 aromatic rings. The van der Waals surface area contributed by atoms with Crippen molar-refractivity contribution in [2.24, 2.45) is 0 Å². The van der Waals surface area contributed by atoms with Crippen LogP contribution in [0.25, 0.3) is 44.5 Å². The third kappa shape index (κ3) is 3.00. The van der Waals surface area contributed by atoms with E-state index in [4.69, 9.17) is 4.42 Å². The minimum Gasteiger partial charge on any atom is -0.456 e. The molecule has 1 aliphatic rings. The average Bonchev–Trinajstić information content (AvgIpc) is 3.48. The van der Waals surface area contributed by atoms with E-state index in [0.717, 1.165) is 49.8 Å². The number of nitriles is 2. The molecule has 0 N–H and O–H groups in total. The molecule has 0 aliphatic heterocycles. The Bertz CT molecular complexity index is 1990. The van der Waals surface area contributed by atoms with Crippen LogP contribution < -0.4 is 0 Å². The van der Waals surface area contributed by atoms with Gasteiger partial charge < -0.3 is 8.98 Å². The highest BCUT2D eigenvalue weighted by Crippen LogP contribution is 2.47. The third-order valence-corrected chi connectivity index (χ3v) is 7.68. The van der Waals surface area contributed by atoms with Crippen molar-refractivity contribution in [2.45, 2.75) is 18.8 Å². The van der Waals surface area contributed by atoms with Gasteiger partial charge in [-0.05, 0) is 54.0 Å². The lowest BCUT2D eigenvalue weighted by molar-refractivity contribution is 0.573. The molecule has 2 atom stereocenters. The van der Waals surface area contributed by atoms with E-state index >= 15 is 0 Å². The summed E-state index contributed by atoms with van der Waals surface area (Å²) in [5, 5.41) is 23.0. The van der Waals surface area contributed by atoms with E-state index in [1.807, 2.05) is 60.7 Å². The summed E-state index contributed by atoms with van der Waals surface area (Å²) < 4.78 is 8.36. The minimum absolute atomic E-state index is 0.0476. The molecular formula is C33H21N3O. The fourth-order valence-corrected chi connectivity index (χ4v) is 6.04. The topological polar surface area (TPSA) is 65.7 Å². The molecule has 4 aromatic carbocycles. The largest absolute Gasteiger partial charge is 0.456 e. The van der Waals surface area contributed by atoms with E-state index in [2.05, 4.69) is 60.0 Å². The van der Waals surface area contributed by atoms with Gasteiger partial charge in [-0.3, -0.25) is 0 Å². The molecule has 2 heterocycles. The molecule has 37 heavy (non-hydrogen) atoms. The van der Waals surface area contributed by atoms with Gasteiger partial charge in [-0.2, -0.15) is 10.5 Å². The van der Waals surface area contributed by atoms with Crippen LogP contribution in [-0.2, 0) is 0 Å². The van der Waals surface area contributed by atoms with Crippen LogP contribution in [0.4, 0.5) is 0 Å². The van der Waals surface area contributed by atoms with Crippen molar-refractivity contribution >= 4 is 38.9 Å². The quantitative estimate of drug-likeness (QED) is 0.254. The molecule has 7 rings (SSSR count). The lowest BCUT2D eigenvalue weighted by Crippen LogP contribution is -2.14. The number of hydrogen-bond donors (Lipinski definition) is 0. The molecule has 174 valence electrons. The van der Waals surface area contributed by atoms with E-state index in [1.54, 1.807) is 0 Å². The molecule has 2 unspecified atom stereocenters. The van der Waals surface area contributed by atoms with Crippen LogP contribution in [0, 0.1) is 22.7 Å². The molecule has 0 spiro atoms. The molecule has 0 saturated heterocycles. The fraction of sp³-hybridized carbons (Fsp3) is 0.0909. The summed E-state index contributed by atoms with van der Waals surface area (Å²) in [6.07, 6.45) is 4.28. The SMILES string of the molecule is CC1c2c(oc3ccccc23)C=CC1c1cccc(C#N)c1-n1c2ccccc2c2cc(C#N)ccc21. The first-order valence-corrected chi connectivity index (χ1v) is 12.4. The number of aromatic nitrogens is 1. The van der Waals surface area contributed by atoms with Gasteiger partial charge in [-0.1, -0.05) is 61.5 Å². The van der Waals surface area contributed by atoms with Crippen LogP contribution in [0.5, 0.6) is 0 Å². The van der Waals surface area contributed by atoms with E-state index in [0.29, 0.717) is 11.1 Å². The molecular weight excluding hydrogens is 454 g/mol. The molecule has 0 fully saturated rings. The van der Waals surface area contributed by atoms with Gasteiger partial charge >= 0.3 is 0 Å². The van der Waals surface area contributed by atoms with Crippen molar-refractivity contribution < 1.29 is 4.42 Å². The van der Waals surface area contributed by atoms with E-state index < -0.39 is 0 Å². The number of furan rings is 1. The van der Waals surface area contributed by atoms with Gasteiger partial charge in [0.05, 0.1) is 33.9 Å². The van der Waals surface area contributed by atoms with Crippen molar-refractivity contribution in [1.82, 2.24) is 4.57 Å². The Morgan fingerprint density at radius 1 is 0.784 bits per heavy atom. The molecule has 0 bridgehead atoms. The van der Waals surface area contributed by atoms with Gasteiger partial charge in [-0.25, -0.2) is 0 Å². The fourth-order valence-electron chi connectivity index (χ4n) is 6.04. The Morgan fingerprint density at radius 3 is 2.41 bits per heavy atom. The van der Waals surface area contributed by atoms with Crippen molar-refractivity contribution in [3.63, 3.8) is 0 Å². The van der Waals surface area contributed by atoms with Crippen molar-refractivity contribution in [1.29, 1.82) is 10.5 Å². The Morgan fingerprint density at radius 2 is 1.57 bits per heavy atom. The molecule has 1 aliphatic carbocycles. The highest BCUT2D eigenvalue weighted by atomic mass is 16.3. The second kappa shape index (κ2) is 7.98. The number of hydrogen-bond acceptors (Lipinski definition) is 3. The van der Waals surface area contributed by atoms with Gasteiger partial charge in [0.1, 0.15) is 17.4 Å². The van der Waals surface area contributed by atoms with Crippen LogP contribution >= 0.6 is 0 Å². The maximum absolute atomic E-state index is 10.3. The first-order chi connectivity index (χ1) is 18.2. The summed E-state index contributed by atoms with van der Waals surface area (Å²) in [6, 6.07) is 32.9. The van der Waals surface area contributed by atoms with Gasteiger partial charge in [0.2, 0.25) is 0 Å². The summed E-state index contributed by atoms with van der Waals surface area (Å²) in [5.74, 6) is 1.10. The predicted octanol–water partition coefficient (Wildman–Crippen LogP) is 8.19. The number of rotatable bonds is 2. The van der Waals surface area contributed by atoms with Gasteiger partial charge in [0.15, 0.2) is 0 Å². The van der Waals surface area contributed by atoms with Gasteiger partial charge in [-0.15, -0.1) is 0 Å². The first-order valence-electron chi connectivity index (χ1n) is 12.4. The Hall–Kier alpha value is -5.06. The molecule has 0 saturated carbocycles. The number of benzene rings is 4. The van der Waals surface area contributed by atoms with E-state index in [1.165, 1.54) is 5.56 Å². The smallest absolute Gasteiger partial charge is 0.135 e. The second-order valence-corrected chi connectivity index (χ2v) is 9.60. The standard InChI is InChI=1S/C33H21N3O/c1-20-23(14-16-31-32(20)26-9-3-5-12-30(26)37-31)25-10-6-7-22(19-35)33(25)36-28-11-4-2-8-24(28)27-17-21(18-34)13-15-29(27)36/h2-17,20,23H,1H3. The van der Waals surface area contributed by atoms with Crippen LogP contribution in [0.3, 0.4) is 0 Å². The van der Waals surface area contributed by atoms with E-state index in [-0.39, 0.29) is 11.8 Å². The summed E-state index contributed by atoms with van der Waals surface area (Å²) in [6.45, 7) is 2.24. The Balaban J connectivity index is 1.52. The highest BCUT2D eigenvalue weighted by Gasteiger charge is 2.31. The third-order valence-electron chi connectivity index (χ3n) is 7.68. The number of fused-ring (bicyclic) bond motifs is 6. The van der Waals surface area contributed by atoms with E-state index in [9.17, 15) is 10.5 Å². The summed E-state index contributed by atoms with van der Waals surface area (Å²) in [5.41, 5.74) is 7.30. The van der Waals surface area contributed by atoms with Crippen molar-refractivity contribution in [3.05, 3.63) is 119 Å². The molecule has 0 radical (unpaired) electrons. The van der Waals surface area contributed by atoms with Crippen LogP contribution in [0.2, 0.25) is 0 Å². The normalized spacial score (nSPS) is 16.6. The second-order valence-electron chi connectivity index (χ2n) is 9.60. The zero-order valence-electron chi connectivity index (χ0n) is 20.1. The molecule has 0 amide bonds. The van der Waals surface area contributed by atoms with Gasteiger partial charge in [0.25, 0.3) is 0 Å². The lowest BCUT2D eigenvalue weighted by Gasteiger charge is -2.28. The van der Waals surface area contributed by atoms with Crippen molar-refractivity contribution in [3.8, 4) is 17.8 Å². The van der Waals surface area contributed by atoms with Crippen molar-refractivity contribution in [2.75, 3.05) is 0 Å². The van der Waals surface area contributed by atoms with Gasteiger partial charge in [0, 0.05) is 27.6 Å². The Labute approximate surface area is 213 Å². The zero-order valence-corrected chi connectivity index (χ0v) is 20.1. The summed E-state index contributed by atoms with van der Waals surface area (Å²) in [7, 11) is 0. The monoisotopic (exact) mass is 475 g/mol. The lowest BCUT2D eigenvalue weighted by atomic mass is 9.77. The average molecular weight is 476 g/mol. The zero-order chi connectivity index (χ0) is 25.1. The maximum atomic E-state index is 10.3. The molecule has 4 heteroatoms. The number of nitrogens with zero attached hydrogens (tertiary/aromatic N) is 3. The number of allylic oxidation sites excluding steroid dienone is 1. The predicted molar refractivity (Wildman–Crippen MR) is 147 cm³/mol.